The highest BCUT2D eigenvalue weighted by Gasteiger charge is 2.20. The van der Waals surface area contributed by atoms with Gasteiger partial charge in [-0.25, -0.2) is 17.6 Å². The molecule has 0 aliphatic carbocycles. The summed E-state index contributed by atoms with van der Waals surface area (Å²) in [6.45, 7) is 1.32. The van der Waals surface area contributed by atoms with Gasteiger partial charge in [0.25, 0.3) is 0 Å². The van der Waals surface area contributed by atoms with E-state index in [9.17, 15) is 22.4 Å². The van der Waals surface area contributed by atoms with E-state index in [0.717, 1.165) is 0 Å². The van der Waals surface area contributed by atoms with E-state index in [1.165, 1.54) is 6.92 Å². The molecule has 2 N–H and O–H groups in total. The molecule has 0 spiro atoms. The van der Waals surface area contributed by atoms with Crippen LogP contribution in [0.4, 0.5) is 23.2 Å². The van der Waals surface area contributed by atoms with E-state index in [-0.39, 0.29) is 6.07 Å². The van der Waals surface area contributed by atoms with Crippen LogP contribution in [0.1, 0.15) is 13.3 Å². The fourth-order valence-corrected chi connectivity index (χ4v) is 1.26. The molecule has 0 aliphatic heterocycles. The lowest BCUT2D eigenvalue weighted by molar-refractivity contribution is -0.137. The van der Waals surface area contributed by atoms with Crippen LogP contribution in [-0.2, 0) is 4.79 Å². The molecule has 0 aliphatic rings. The average molecular weight is 251 g/mol. The summed E-state index contributed by atoms with van der Waals surface area (Å²) in [5, 5.41) is 10.5. The molecule has 0 heterocycles. The Morgan fingerprint density at radius 2 is 1.76 bits per heavy atom. The summed E-state index contributed by atoms with van der Waals surface area (Å²) in [4.78, 5) is 10.3. The van der Waals surface area contributed by atoms with Crippen LogP contribution in [0.2, 0.25) is 0 Å². The van der Waals surface area contributed by atoms with Gasteiger partial charge in [0.2, 0.25) is 0 Å². The van der Waals surface area contributed by atoms with Crippen molar-refractivity contribution in [1.29, 1.82) is 0 Å². The Hall–Kier alpha value is -1.79. The van der Waals surface area contributed by atoms with Gasteiger partial charge in [-0.15, -0.1) is 0 Å². The highest BCUT2D eigenvalue weighted by Crippen LogP contribution is 2.25. The molecule has 1 atom stereocenters. The van der Waals surface area contributed by atoms with E-state index in [1.54, 1.807) is 0 Å². The highest BCUT2D eigenvalue weighted by atomic mass is 19.2. The molecule has 0 saturated heterocycles. The monoisotopic (exact) mass is 251 g/mol. The number of aliphatic carboxylic acids is 1. The number of nitrogens with one attached hydrogen (secondary N) is 1. The molecule has 1 rings (SSSR count). The zero-order valence-electron chi connectivity index (χ0n) is 8.73. The first kappa shape index (κ1) is 13.3. The zero-order valence-corrected chi connectivity index (χ0v) is 8.73. The molecule has 7 heteroatoms. The third-order valence-corrected chi connectivity index (χ3v) is 1.98. The van der Waals surface area contributed by atoms with Gasteiger partial charge in [-0.1, -0.05) is 0 Å². The van der Waals surface area contributed by atoms with Crippen LogP contribution in [0, 0.1) is 23.3 Å². The predicted molar refractivity (Wildman–Crippen MR) is 51.6 cm³/mol. The van der Waals surface area contributed by atoms with Crippen LogP contribution < -0.4 is 5.32 Å². The van der Waals surface area contributed by atoms with Crippen LogP contribution >= 0.6 is 0 Å². The van der Waals surface area contributed by atoms with Gasteiger partial charge >= 0.3 is 5.97 Å². The number of halogens is 4. The van der Waals surface area contributed by atoms with Crippen molar-refractivity contribution in [2.75, 3.05) is 5.32 Å². The first-order valence-electron chi connectivity index (χ1n) is 4.64. The second kappa shape index (κ2) is 5.03. The SMILES string of the molecule is CC(CC(=O)O)Nc1c(F)c(F)cc(F)c1F. The molecule has 0 radical (unpaired) electrons. The minimum atomic E-state index is -1.58. The maximum absolute atomic E-state index is 13.1. The number of anilines is 1. The van der Waals surface area contributed by atoms with Crippen molar-refractivity contribution in [3.05, 3.63) is 29.3 Å². The van der Waals surface area contributed by atoms with E-state index in [4.69, 9.17) is 5.11 Å². The van der Waals surface area contributed by atoms with Crippen molar-refractivity contribution >= 4 is 11.7 Å². The summed E-state index contributed by atoms with van der Waals surface area (Å²) in [6.07, 6.45) is -0.447. The van der Waals surface area contributed by atoms with Gasteiger partial charge in [0.05, 0.1) is 6.42 Å². The Kier molecular flexibility index (Phi) is 3.93. The van der Waals surface area contributed by atoms with Gasteiger partial charge in [-0.3, -0.25) is 4.79 Å². The number of benzene rings is 1. The molecule has 0 amide bonds. The molecule has 0 aromatic heterocycles. The number of carboxylic acid groups (broad SMARTS) is 1. The van der Waals surface area contributed by atoms with Crippen LogP contribution in [-0.4, -0.2) is 17.1 Å². The molecule has 94 valence electrons. The van der Waals surface area contributed by atoms with Crippen LogP contribution in [0.5, 0.6) is 0 Å². The lowest BCUT2D eigenvalue weighted by atomic mass is 10.2. The fourth-order valence-electron chi connectivity index (χ4n) is 1.26. The summed E-state index contributed by atoms with van der Waals surface area (Å²) >= 11 is 0. The smallest absolute Gasteiger partial charge is 0.305 e. The third kappa shape index (κ3) is 3.08. The second-order valence-corrected chi connectivity index (χ2v) is 3.49. The predicted octanol–water partition coefficient (Wildman–Crippen LogP) is 2.52. The van der Waals surface area contributed by atoms with Crippen molar-refractivity contribution in [2.24, 2.45) is 0 Å². The van der Waals surface area contributed by atoms with E-state index >= 15 is 0 Å². The molecule has 3 nitrogen and oxygen atoms in total. The topological polar surface area (TPSA) is 49.3 Å². The van der Waals surface area contributed by atoms with Crippen molar-refractivity contribution in [1.82, 2.24) is 0 Å². The van der Waals surface area contributed by atoms with E-state index in [0.29, 0.717) is 0 Å². The van der Waals surface area contributed by atoms with Crippen molar-refractivity contribution in [2.45, 2.75) is 19.4 Å². The fraction of sp³-hybridized carbons (Fsp3) is 0.300. The summed E-state index contributed by atoms with van der Waals surface area (Å²) in [7, 11) is 0. The number of carbonyl (C=O) groups is 1. The van der Waals surface area contributed by atoms with E-state index < -0.39 is 47.4 Å². The molecular formula is C10H9F4NO2. The standard InChI is InChI=1S/C10H9F4NO2/c1-4(2-7(16)17)15-10-8(13)5(11)3-6(12)9(10)14/h3-4,15H,2H2,1H3,(H,16,17). The largest absolute Gasteiger partial charge is 0.481 e. The Labute approximate surface area is 94.1 Å². The highest BCUT2D eigenvalue weighted by molar-refractivity contribution is 5.68. The maximum atomic E-state index is 13.1. The Bertz CT molecular complexity index is 424. The molecule has 0 saturated carbocycles. The van der Waals surface area contributed by atoms with E-state index in [2.05, 4.69) is 5.32 Å². The Morgan fingerprint density at radius 3 is 2.18 bits per heavy atom. The lowest BCUT2D eigenvalue weighted by Gasteiger charge is -2.15. The maximum Gasteiger partial charge on any atom is 0.305 e. The number of rotatable bonds is 4. The normalized spacial score (nSPS) is 12.3. The van der Waals surface area contributed by atoms with E-state index in [1.807, 2.05) is 0 Å². The first-order chi connectivity index (χ1) is 7.82. The molecular weight excluding hydrogens is 242 g/mol. The van der Waals surface area contributed by atoms with Crippen LogP contribution in [0.3, 0.4) is 0 Å². The molecule has 0 bridgehead atoms. The number of carboxylic acids is 1. The minimum absolute atomic E-state index is 0.0811. The van der Waals surface area contributed by atoms with Crippen LogP contribution in [0.15, 0.2) is 6.07 Å². The van der Waals surface area contributed by atoms with Crippen molar-refractivity contribution < 1.29 is 27.5 Å². The number of hydrogen-bond acceptors (Lipinski definition) is 2. The quantitative estimate of drug-likeness (QED) is 0.638. The van der Waals surface area contributed by atoms with Gasteiger partial charge in [0.15, 0.2) is 23.3 Å². The van der Waals surface area contributed by atoms with Crippen molar-refractivity contribution in [3.8, 4) is 0 Å². The molecule has 0 fully saturated rings. The number of hydrogen-bond donors (Lipinski definition) is 2. The van der Waals surface area contributed by atoms with Crippen molar-refractivity contribution in [3.63, 3.8) is 0 Å². The average Bonchev–Trinajstić information content (AvgIpc) is 2.20. The van der Waals surface area contributed by atoms with Gasteiger partial charge < -0.3 is 10.4 Å². The van der Waals surface area contributed by atoms with Gasteiger partial charge in [0.1, 0.15) is 5.69 Å². The zero-order chi connectivity index (χ0) is 13.2. The minimum Gasteiger partial charge on any atom is -0.481 e. The summed E-state index contributed by atoms with van der Waals surface area (Å²) in [6, 6.07) is -0.796. The lowest BCUT2D eigenvalue weighted by Crippen LogP contribution is -2.21. The molecule has 1 aromatic rings. The summed E-state index contributed by atoms with van der Waals surface area (Å²) < 4.78 is 51.9. The molecule has 1 unspecified atom stereocenters. The van der Waals surface area contributed by atoms with Gasteiger partial charge in [-0.2, -0.15) is 0 Å². The van der Waals surface area contributed by atoms with Gasteiger partial charge in [0, 0.05) is 12.1 Å². The second-order valence-electron chi connectivity index (χ2n) is 3.49. The Morgan fingerprint density at radius 1 is 1.29 bits per heavy atom. The first-order valence-corrected chi connectivity index (χ1v) is 4.64. The van der Waals surface area contributed by atoms with Gasteiger partial charge in [-0.05, 0) is 6.92 Å². The summed E-state index contributed by atoms with van der Waals surface area (Å²) in [5.41, 5.74) is -1.00. The third-order valence-electron chi connectivity index (χ3n) is 1.98. The Balaban J connectivity index is 3.01. The van der Waals surface area contributed by atoms with Crippen LogP contribution in [0.25, 0.3) is 0 Å². The molecule has 1 aromatic carbocycles. The summed E-state index contributed by atoms with van der Waals surface area (Å²) in [5.74, 6) is -7.46. The molecule has 17 heavy (non-hydrogen) atoms.